The van der Waals surface area contributed by atoms with Crippen molar-refractivity contribution in [1.82, 2.24) is 19.9 Å². The zero-order valence-electron chi connectivity index (χ0n) is 17.7. The van der Waals surface area contributed by atoms with Crippen molar-refractivity contribution in [2.75, 3.05) is 18.8 Å². The molecule has 0 spiro atoms. The van der Waals surface area contributed by atoms with Crippen LogP contribution >= 0.6 is 0 Å². The van der Waals surface area contributed by atoms with Crippen LogP contribution in [0, 0.1) is 0 Å². The molecule has 0 radical (unpaired) electrons. The Bertz CT molecular complexity index is 1220. The number of nitrogens with two attached hydrogens (primary N) is 1. The van der Waals surface area contributed by atoms with Gasteiger partial charge in [-0.3, -0.25) is 4.79 Å². The van der Waals surface area contributed by atoms with E-state index in [2.05, 4.69) is 22.1 Å². The molecular weight excluding hydrogens is 386 g/mol. The lowest BCUT2D eigenvalue weighted by atomic mass is 10.0. The summed E-state index contributed by atoms with van der Waals surface area (Å²) in [5, 5.41) is 0. The summed E-state index contributed by atoms with van der Waals surface area (Å²) in [6.45, 7) is 5.32. The number of nitrogens with zero attached hydrogens (tertiary/aromatic N) is 4. The van der Waals surface area contributed by atoms with Gasteiger partial charge in [-0.2, -0.15) is 0 Å². The molecule has 6 heteroatoms. The number of pyridine rings is 1. The molecule has 2 aromatic carbocycles. The van der Waals surface area contributed by atoms with Gasteiger partial charge in [0.25, 0.3) is 5.91 Å². The Morgan fingerprint density at radius 2 is 1.68 bits per heavy atom. The molecule has 2 N–H and O–H groups in total. The highest BCUT2D eigenvalue weighted by atomic mass is 16.2. The van der Waals surface area contributed by atoms with Crippen molar-refractivity contribution in [1.29, 1.82) is 0 Å². The molecule has 0 atom stereocenters. The lowest BCUT2D eigenvalue weighted by molar-refractivity contribution is 0.0773. The molecule has 156 valence electrons. The zero-order chi connectivity index (χ0) is 21.8. The number of carbonyl (C=O) groups is 1. The molecule has 4 aromatic rings. The van der Waals surface area contributed by atoms with Crippen molar-refractivity contribution in [3.63, 3.8) is 0 Å². The Kier molecular flexibility index (Phi) is 5.89. The Morgan fingerprint density at radius 1 is 0.903 bits per heavy atom. The van der Waals surface area contributed by atoms with Gasteiger partial charge in [-0.25, -0.2) is 15.0 Å². The maximum Gasteiger partial charge on any atom is 0.253 e. The van der Waals surface area contributed by atoms with Crippen LogP contribution in [-0.4, -0.2) is 38.8 Å². The van der Waals surface area contributed by atoms with Crippen molar-refractivity contribution in [3.8, 4) is 11.3 Å². The normalized spacial score (nSPS) is 10.9. The van der Waals surface area contributed by atoms with E-state index in [0.717, 1.165) is 28.0 Å². The van der Waals surface area contributed by atoms with Gasteiger partial charge in [0, 0.05) is 30.6 Å². The first-order valence-electron chi connectivity index (χ1n) is 10.5. The molecule has 0 unspecified atom stereocenters. The molecule has 4 rings (SSSR count). The lowest BCUT2D eigenvalue weighted by Crippen LogP contribution is -2.30. The predicted molar refractivity (Wildman–Crippen MR) is 124 cm³/mol. The largest absolute Gasteiger partial charge is 0.368 e. The second-order valence-corrected chi connectivity index (χ2v) is 7.31. The average Bonchev–Trinajstić information content (AvgIpc) is 2.80. The van der Waals surface area contributed by atoms with Gasteiger partial charge in [-0.05, 0) is 43.7 Å². The number of aromatic nitrogens is 3. The van der Waals surface area contributed by atoms with Crippen LogP contribution in [0.3, 0.4) is 0 Å². The van der Waals surface area contributed by atoms with Gasteiger partial charge in [0.15, 0.2) is 0 Å². The fourth-order valence-electron chi connectivity index (χ4n) is 3.67. The summed E-state index contributed by atoms with van der Waals surface area (Å²) in [5.41, 5.74) is 11.6. The summed E-state index contributed by atoms with van der Waals surface area (Å²) in [4.78, 5) is 28.3. The SMILES string of the molecule is CCN(CC)C(=O)c1cccc(-c2ccc3nc(N)nc(Cc4ccccc4)c3n2)c1. The molecule has 2 heterocycles. The molecule has 0 saturated carbocycles. The highest BCUT2D eigenvalue weighted by molar-refractivity contribution is 5.95. The topological polar surface area (TPSA) is 85.0 Å². The van der Waals surface area contributed by atoms with Gasteiger partial charge in [-0.15, -0.1) is 0 Å². The van der Waals surface area contributed by atoms with Crippen molar-refractivity contribution in [2.24, 2.45) is 0 Å². The van der Waals surface area contributed by atoms with E-state index in [1.165, 1.54) is 0 Å². The van der Waals surface area contributed by atoms with E-state index in [4.69, 9.17) is 10.7 Å². The number of anilines is 1. The first-order valence-corrected chi connectivity index (χ1v) is 10.5. The fourth-order valence-corrected chi connectivity index (χ4v) is 3.67. The number of nitrogen functional groups attached to an aromatic ring is 1. The first-order chi connectivity index (χ1) is 15.1. The highest BCUT2D eigenvalue weighted by Crippen LogP contribution is 2.24. The van der Waals surface area contributed by atoms with Gasteiger partial charge in [0.05, 0.1) is 16.9 Å². The van der Waals surface area contributed by atoms with Crippen LogP contribution in [-0.2, 0) is 6.42 Å². The minimum atomic E-state index is 0.0218. The summed E-state index contributed by atoms with van der Waals surface area (Å²) in [6, 6.07) is 21.5. The number of amides is 1. The standard InChI is InChI=1S/C25H25N5O/c1-3-30(4-2)24(31)19-12-8-11-18(16-19)20-13-14-21-23(27-20)22(29-25(26)28-21)15-17-9-6-5-7-10-17/h5-14,16H,3-4,15H2,1-2H3,(H2,26,28,29). The molecule has 0 fully saturated rings. The third kappa shape index (κ3) is 4.38. The summed E-state index contributed by atoms with van der Waals surface area (Å²) in [7, 11) is 0. The Balaban J connectivity index is 1.76. The Labute approximate surface area is 181 Å². The van der Waals surface area contributed by atoms with Gasteiger partial charge in [-0.1, -0.05) is 42.5 Å². The maximum atomic E-state index is 12.8. The van der Waals surface area contributed by atoms with Crippen LogP contribution < -0.4 is 5.73 Å². The molecule has 2 aromatic heterocycles. The molecule has 0 bridgehead atoms. The number of fused-ring (bicyclic) bond motifs is 1. The van der Waals surface area contributed by atoms with E-state index < -0.39 is 0 Å². The van der Waals surface area contributed by atoms with Gasteiger partial charge < -0.3 is 10.6 Å². The van der Waals surface area contributed by atoms with E-state index in [1.54, 1.807) is 0 Å². The molecule has 0 aliphatic heterocycles. The van der Waals surface area contributed by atoms with Crippen LogP contribution in [0.5, 0.6) is 0 Å². The number of benzene rings is 2. The summed E-state index contributed by atoms with van der Waals surface area (Å²) >= 11 is 0. The molecule has 6 nitrogen and oxygen atoms in total. The monoisotopic (exact) mass is 411 g/mol. The van der Waals surface area contributed by atoms with Crippen LogP contribution in [0.1, 0.15) is 35.5 Å². The van der Waals surface area contributed by atoms with E-state index in [1.807, 2.05) is 73.3 Å². The molecule has 1 amide bonds. The van der Waals surface area contributed by atoms with E-state index in [9.17, 15) is 4.79 Å². The van der Waals surface area contributed by atoms with E-state index in [-0.39, 0.29) is 11.9 Å². The molecule has 31 heavy (non-hydrogen) atoms. The maximum absolute atomic E-state index is 12.8. The minimum Gasteiger partial charge on any atom is -0.368 e. The minimum absolute atomic E-state index is 0.0218. The Morgan fingerprint density at radius 3 is 2.42 bits per heavy atom. The Hall–Kier alpha value is -3.80. The van der Waals surface area contributed by atoms with Crippen LogP contribution in [0.2, 0.25) is 0 Å². The van der Waals surface area contributed by atoms with Gasteiger partial charge in [0.1, 0.15) is 5.52 Å². The molecular formula is C25H25N5O. The lowest BCUT2D eigenvalue weighted by Gasteiger charge is -2.19. The van der Waals surface area contributed by atoms with E-state index in [0.29, 0.717) is 30.6 Å². The van der Waals surface area contributed by atoms with Crippen molar-refractivity contribution >= 4 is 22.9 Å². The molecule has 0 aliphatic rings. The molecule has 0 aliphatic carbocycles. The third-order valence-corrected chi connectivity index (χ3v) is 5.30. The second-order valence-electron chi connectivity index (χ2n) is 7.31. The third-order valence-electron chi connectivity index (χ3n) is 5.30. The number of hydrogen-bond acceptors (Lipinski definition) is 5. The van der Waals surface area contributed by atoms with Crippen molar-refractivity contribution in [2.45, 2.75) is 20.3 Å². The quantitative estimate of drug-likeness (QED) is 0.510. The first kappa shape index (κ1) is 20.5. The van der Waals surface area contributed by atoms with E-state index >= 15 is 0 Å². The average molecular weight is 412 g/mol. The van der Waals surface area contributed by atoms with Crippen LogP contribution in [0.4, 0.5) is 5.95 Å². The fraction of sp³-hybridized carbons (Fsp3) is 0.200. The van der Waals surface area contributed by atoms with Gasteiger partial charge >= 0.3 is 0 Å². The van der Waals surface area contributed by atoms with Crippen LogP contribution in [0.15, 0.2) is 66.7 Å². The molecule has 0 saturated heterocycles. The number of carbonyl (C=O) groups excluding carboxylic acids is 1. The van der Waals surface area contributed by atoms with Gasteiger partial charge in [0.2, 0.25) is 5.95 Å². The summed E-state index contributed by atoms with van der Waals surface area (Å²) in [5.74, 6) is 0.258. The van der Waals surface area contributed by atoms with Crippen LogP contribution in [0.25, 0.3) is 22.3 Å². The number of rotatable bonds is 6. The number of hydrogen-bond donors (Lipinski definition) is 1. The van der Waals surface area contributed by atoms with Crippen molar-refractivity contribution in [3.05, 3.63) is 83.6 Å². The summed E-state index contributed by atoms with van der Waals surface area (Å²) in [6.07, 6.45) is 0.612. The van der Waals surface area contributed by atoms with Crippen molar-refractivity contribution < 1.29 is 4.79 Å². The highest BCUT2D eigenvalue weighted by Gasteiger charge is 2.15. The zero-order valence-corrected chi connectivity index (χ0v) is 17.7. The summed E-state index contributed by atoms with van der Waals surface area (Å²) < 4.78 is 0. The second kappa shape index (κ2) is 8.92. The predicted octanol–water partition coefficient (Wildman–Crippen LogP) is 4.35. The smallest absolute Gasteiger partial charge is 0.253 e.